The maximum absolute atomic E-state index is 12.7. The molecule has 0 saturated heterocycles. The van der Waals surface area contributed by atoms with Crippen LogP contribution in [0.4, 0.5) is 5.69 Å². The van der Waals surface area contributed by atoms with Gasteiger partial charge in [-0.15, -0.1) is 0 Å². The zero-order chi connectivity index (χ0) is 22.2. The SMILES string of the molecule is CCN(Cc1ccccc1)Cc1cccc(NC2=C(C(=O)OC)CN(CCO)C2=O)c1. The number of carbonyl (C=O) groups excluding carboxylic acids is 2. The smallest absolute Gasteiger partial charge is 0.337 e. The van der Waals surface area contributed by atoms with Crippen LogP contribution < -0.4 is 5.32 Å². The zero-order valence-corrected chi connectivity index (χ0v) is 18.0. The van der Waals surface area contributed by atoms with Gasteiger partial charge in [0.25, 0.3) is 5.91 Å². The molecule has 0 saturated carbocycles. The summed E-state index contributed by atoms with van der Waals surface area (Å²) in [6, 6.07) is 18.1. The molecule has 31 heavy (non-hydrogen) atoms. The van der Waals surface area contributed by atoms with Crippen molar-refractivity contribution in [2.75, 3.05) is 38.7 Å². The molecule has 0 spiro atoms. The van der Waals surface area contributed by atoms with Crippen molar-refractivity contribution >= 4 is 17.6 Å². The number of esters is 1. The molecule has 7 heteroatoms. The van der Waals surface area contributed by atoms with Crippen LogP contribution in [0, 0.1) is 0 Å². The van der Waals surface area contributed by atoms with Crippen LogP contribution in [0.25, 0.3) is 0 Å². The lowest BCUT2D eigenvalue weighted by Gasteiger charge is -2.21. The highest BCUT2D eigenvalue weighted by atomic mass is 16.5. The van der Waals surface area contributed by atoms with E-state index in [-0.39, 0.29) is 36.9 Å². The van der Waals surface area contributed by atoms with Crippen molar-refractivity contribution in [1.29, 1.82) is 0 Å². The maximum Gasteiger partial charge on any atom is 0.337 e. The zero-order valence-electron chi connectivity index (χ0n) is 18.0. The second kappa shape index (κ2) is 10.7. The average molecular weight is 424 g/mol. The quantitative estimate of drug-likeness (QED) is 0.571. The van der Waals surface area contributed by atoms with E-state index >= 15 is 0 Å². The summed E-state index contributed by atoms with van der Waals surface area (Å²) in [5.74, 6) is -0.869. The molecule has 1 aliphatic rings. The summed E-state index contributed by atoms with van der Waals surface area (Å²) in [5.41, 5.74) is 3.55. The maximum atomic E-state index is 12.7. The number of carbonyl (C=O) groups is 2. The van der Waals surface area contributed by atoms with Crippen LogP contribution in [0.15, 0.2) is 65.9 Å². The third-order valence-corrected chi connectivity index (χ3v) is 5.25. The molecule has 0 fully saturated rings. The van der Waals surface area contributed by atoms with Crippen LogP contribution in [0.3, 0.4) is 0 Å². The first-order valence-electron chi connectivity index (χ1n) is 10.4. The summed E-state index contributed by atoms with van der Waals surface area (Å²) >= 11 is 0. The molecule has 164 valence electrons. The van der Waals surface area contributed by atoms with Crippen molar-refractivity contribution in [1.82, 2.24) is 9.80 Å². The molecule has 2 N–H and O–H groups in total. The highest BCUT2D eigenvalue weighted by Gasteiger charge is 2.34. The predicted octanol–water partition coefficient (Wildman–Crippen LogP) is 2.38. The first-order chi connectivity index (χ1) is 15.0. The van der Waals surface area contributed by atoms with Gasteiger partial charge in [-0.2, -0.15) is 0 Å². The van der Waals surface area contributed by atoms with Gasteiger partial charge in [-0.3, -0.25) is 9.69 Å². The Morgan fingerprint density at radius 3 is 2.52 bits per heavy atom. The fourth-order valence-electron chi connectivity index (χ4n) is 3.62. The molecule has 0 aliphatic carbocycles. The van der Waals surface area contributed by atoms with Gasteiger partial charge in [-0.1, -0.05) is 49.4 Å². The number of anilines is 1. The number of methoxy groups -OCH3 is 1. The Morgan fingerprint density at radius 1 is 1.13 bits per heavy atom. The molecule has 0 atom stereocenters. The van der Waals surface area contributed by atoms with Gasteiger partial charge in [-0.25, -0.2) is 4.79 Å². The Balaban J connectivity index is 1.75. The molecule has 1 aliphatic heterocycles. The lowest BCUT2D eigenvalue weighted by Crippen LogP contribution is -2.31. The van der Waals surface area contributed by atoms with Crippen molar-refractivity contribution in [2.24, 2.45) is 0 Å². The molecule has 7 nitrogen and oxygen atoms in total. The number of benzene rings is 2. The van der Waals surface area contributed by atoms with Gasteiger partial charge in [0.05, 0.1) is 25.8 Å². The van der Waals surface area contributed by atoms with E-state index in [0.717, 1.165) is 30.9 Å². The average Bonchev–Trinajstić information content (AvgIpc) is 3.09. The van der Waals surface area contributed by atoms with E-state index in [0.29, 0.717) is 0 Å². The van der Waals surface area contributed by atoms with E-state index < -0.39 is 5.97 Å². The van der Waals surface area contributed by atoms with Gasteiger partial charge in [0.1, 0.15) is 5.70 Å². The van der Waals surface area contributed by atoms with E-state index in [9.17, 15) is 14.7 Å². The van der Waals surface area contributed by atoms with Crippen molar-refractivity contribution in [3.63, 3.8) is 0 Å². The molecule has 0 radical (unpaired) electrons. The van der Waals surface area contributed by atoms with Crippen molar-refractivity contribution in [3.8, 4) is 0 Å². The molecule has 0 bridgehead atoms. The molecular formula is C24H29N3O4. The van der Waals surface area contributed by atoms with Gasteiger partial charge in [0, 0.05) is 25.3 Å². The number of hydrogen-bond donors (Lipinski definition) is 2. The molecular weight excluding hydrogens is 394 g/mol. The van der Waals surface area contributed by atoms with Crippen LogP contribution in [-0.4, -0.2) is 60.1 Å². The Bertz CT molecular complexity index is 943. The van der Waals surface area contributed by atoms with Gasteiger partial charge < -0.3 is 20.1 Å². The number of nitrogens with one attached hydrogen (secondary N) is 1. The largest absolute Gasteiger partial charge is 0.466 e. The third-order valence-electron chi connectivity index (χ3n) is 5.25. The minimum atomic E-state index is -0.549. The highest BCUT2D eigenvalue weighted by Crippen LogP contribution is 2.23. The van der Waals surface area contributed by atoms with Gasteiger partial charge in [-0.05, 0) is 29.8 Å². The van der Waals surface area contributed by atoms with Crippen LogP contribution in [0.2, 0.25) is 0 Å². The minimum absolute atomic E-state index is 0.120. The van der Waals surface area contributed by atoms with E-state index in [2.05, 4.69) is 29.3 Å². The number of ether oxygens (including phenoxy) is 1. The number of β-amino-alcohol motifs (C(OH)–C–C–N with tert-alkyl or cyclic N) is 1. The number of hydrogen-bond acceptors (Lipinski definition) is 6. The molecule has 3 rings (SSSR count). The number of amides is 1. The number of nitrogens with zero attached hydrogens (tertiary/aromatic N) is 2. The Hall–Kier alpha value is -3.16. The minimum Gasteiger partial charge on any atom is -0.466 e. The summed E-state index contributed by atoms with van der Waals surface area (Å²) in [6.07, 6.45) is 0. The van der Waals surface area contributed by atoms with E-state index in [1.807, 2.05) is 42.5 Å². The van der Waals surface area contributed by atoms with E-state index in [1.54, 1.807) is 0 Å². The number of aliphatic hydroxyl groups is 1. The van der Waals surface area contributed by atoms with Crippen molar-refractivity contribution < 1.29 is 19.4 Å². The molecule has 1 heterocycles. The Labute approximate surface area is 182 Å². The molecule has 2 aromatic carbocycles. The first-order valence-corrected chi connectivity index (χ1v) is 10.4. The Morgan fingerprint density at radius 2 is 1.84 bits per heavy atom. The standard InChI is InChI=1S/C24H29N3O4/c1-3-26(15-18-8-5-4-6-9-18)16-19-10-7-11-20(14-19)25-22-21(24(30)31-2)17-27(12-13-28)23(22)29/h4-11,14,25,28H,3,12-13,15-17H2,1-2H3. The van der Waals surface area contributed by atoms with Gasteiger partial charge in [0.15, 0.2) is 0 Å². The topological polar surface area (TPSA) is 82.1 Å². The molecule has 0 aromatic heterocycles. The normalized spacial score (nSPS) is 13.8. The second-order valence-corrected chi connectivity index (χ2v) is 7.41. The summed E-state index contributed by atoms with van der Waals surface area (Å²) in [6.45, 7) is 4.75. The number of rotatable bonds is 10. The fourth-order valence-corrected chi connectivity index (χ4v) is 3.62. The van der Waals surface area contributed by atoms with Gasteiger partial charge in [0.2, 0.25) is 0 Å². The second-order valence-electron chi connectivity index (χ2n) is 7.41. The predicted molar refractivity (Wildman–Crippen MR) is 119 cm³/mol. The van der Waals surface area contributed by atoms with Crippen LogP contribution >= 0.6 is 0 Å². The third kappa shape index (κ3) is 5.71. The van der Waals surface area contributed by atoms with E-state index in [1.165, 1.54) is 17.6 Å². The lowest BCUT2D eigenvalue weighted by molar-refractivity contribution is -0.136. The Kier molecular flexibility index (Phi) is 7.81. The molecule has 1 amide bonds. The fraction of sp³-hybridized carbons (Fsp3) is 0.333. The van der Waals surface area contributed by atoms with Gasteiger partial charge >= 0.3 is 5.97 Å². The lowest BCUT2D eigenvalue weighted by atomic mass is 10.1. The molecule has 0 unspecified atom stereocenters. The summed E-state index contributed by atoms with van der Waals surface area (Å²) < 4.78 is 4.84. The van der Waals surface area contributed by atoms with Crippen LogP contribution in [-0.2, 0) is 27.4 Å². The van der Waals surface area contributed by atoms with Crippen molar-refractivity contribution in [3.05, 3.63) is 77.0 Å². The first kappa shape index (κ1) is 22.5. The number of aliphatic hydroxyl groups excluding tert-OH is 1. The van der Waals surface area contributed by atoms with Crippen molar-refractivity contribution in [2.45, 2.75) is 20.0 Å². The summed E-state index contributed by atoms with van der Waals surface area (Å²) in [5, 5.41) is 12.3. The summed E-state index contributed by atoms with van der Waals surface area (Å²) in [7, 11) is 1.29. The monoisotopic (exact) mass is 423 g/mol. The van der Waals surface area contributed by atoms with E-state index in [4.69, 9.17) is 4.74 Å². The van der Waals surface area contributed by atoms with Crippen LogP contribution in [0.1, 0.15) is 18.1 Å². The van der Waals surface area contributed by atoms with Crippen LogP contribution in [0.5, 0.6) is 0 Å². The summed E-state index contributed by atoms with van der Waals surface area (Å²) in [4.78, 5) is 28.6. The molecule has 2 aromatic rings. The highest BCUT2D eigenvalue weighted by molar-refractivity contribution is 6.08.